The molecule has 0 bridgehead atoms. The molecule has 0 aliphatic carbocycles. The molecular formula is C14H21N3O2S. The van der Waals surface area contributed by atoms with Crippen LogP contribution in [0.15, 0.2) is 0 Å². The Morgan fingerprint density at radius 1 is 1.15 bits per heavy atom. The third-order valence-electron chi connectivity index (χ3n) is 3.61. The van der Waals surface area contributed by atoms with Gasteiger partial charge < -0.3 is 9.80 Å². The van der Waals surface area contributed by atoms with Gasteiger partial charge in [-0.15, -0.1) is 11.3 Å². The van der Waals surface area contributed by atoms with Gasteiger partial charge in [0.15, 0.2) is 0 Å². The molecule has 1 aliphatic rings. The monoisotopic (exact) mass is 295 g/mol. The van der Waals surface area contributed by atoms with Gasteiger partial charge in [0.05, 0.1) is 17.1 Å². The van der Waals surface area contributed by atoms with E-state index in [2.05, 4.69) is 4.98 Å². The Balaban J connectivity index is 1.96. The second kappa shape index (κ2) is 6.35. The second-order valence-electron chi connectivity index (χ2n) is 5.16. The van der Waals surface area contributed by atoms with E-state index in [-0.39, 0.29) is 11.8 Å². The van der Waals surface area contributed by atoms with Crippen LogP contribution in [0.5, 0.6) is 0 Å². The molecule has 5 nitrogen and oxygen atoms in total. The zero-order valence-electron chi connectivity index (χ0n) is 12.3. The van der Waals surface area contributed by atoms with Crippen LogP contribution in [0.2, 0.25) is 0 Å². The maximum absolute atomic E-state index is 12.4. The number of amides is 2. The smallest absolute Gasteiger partial charge is 0.227 e. The molecule has 0 saturated carbocycles. The van der Waals surface area contributed by atoms with Gasteiger partial charge in [-0.25, -0.2) is 4.98 Å². The lowest BCUT2D eigenvalue weighted by atomic mass is 10.2. The maximum atomic E-state index is 12.4. The van der Waals surface area contributed by atoms with Crippen LogP contribution in [-0.4, -0.2) is 52.8 Å². The van der Waals surface area contributed by atoms with Gasteiger partial charge in [0.2, 0.25) is 11.8 Å². The summed E-state index contributed by atoms with van der Waals surface area (Å²) in [7, 11) is 0. The second-order valence-corrected chi connectivity index (χ2v) is 6.45. The van der Waals surface area contributed by atoms with E-state index in [1.807, 2.05) is 23.6 Å². The fourth-order valence-corrected chi connectivity index (χ4v) is 3.40. The van der Waals surface area contributed by atoms with Crippen molar-refractivity contribution in [3.8, 4) is 0 Å². The SMILES string of the molecule is CC(=O)N1CCCN(C(=O)Cc2sc(C)nc2C)CC1. The van der Waals surface area contributed by atoms with Crippen LogP contribution in [0.3, 0.4) is 0 Å². The number of aromatic nitrogens is 1. The average Bonchev–Trinajstić information content (AvgIpc) is 2.60. The molecule has 1 saturated heterocycles. The van der Waals surface area contributed by atoms with Crippen LogP contribution < -0.4 is 0 Å². The van der Waals surface area contributed by atoms with Crippen molar-refractivity contribution in [2.75, 3.05) is 26.2 Å². The van der Waals surface area contributed by atoms with Crippen LogP contribution in [0, 0.1) is 13.8 Å². The standard InChI is InChI=1S/C14H21N3O2S/c1-10-13(20-11(2)15-10)9-14(19)17-6-4-5-16(7-8-17)12(3)18/h4-9H2,1-3H3. The van der Waals surface area contributed by atoms with Crippen molar-refractivity contribution in [1.82, 2.24) is 14.8 Å². The summed E-state index contributed by atoms with van der Waals surface area (Å²) in [5.74, 6) is 0.232. The Morgan fingerprint density at radius 3 is 2.40 bits per heavy atom. The lowest BCUT2D eigenvalue weighted by molar-refractivity contribution is -0.132. The maximum Gasteiger partial charge on any atom is 0.227 e. The predicted octanol–water partition coefficient (Wildman–Crippen LogP) is 1.38. The summed E-state index contributed by atoms with van der Waals surface area (Å²) < 4.78 is 0. The van der Waals surface area contributed by atoms with Crippen molar-refractivity contribution in [1.29, 1.82) is 0 Å². The highest BCUT2D eigenvalue weighted by atomic mass is 32.1. The molecule has 1 aromatic heterocycles. The van der Waals surface area contributed by atoms with Crippen molar-refractivity contribution in [3.63, 3.8) is 0 Å². The number of thiazole rings is 1. The summed E-state index contributed by atoms with van der Waals surface area (Å²) in [5, 5.41) is 1.00. The molecule has 0 atom stereocenters. The lowest BCUT2D eigenvalue weighted by Crippen LogP contribution is -2.37. The van der Waals surface area contributed by atoms with E-state index in [1.165, 1.54) is 0 Å². The quantitative estimate of drug-likeness (QED) is 0.828. The summed E-state index contributed by atoms with van der Waals surface area (Å²) in [6, 6.07) is 0. The minimum atomic E-state index is 0.0909. The number of hydrogen-bond acceptors (Lipinski definition) is 4. The molecule has 6 heteroatoms. The zero-order chi connectivity index (χ0) is 14.7. The first-order valence-electron chi connectivity index (χ1n) is 6.93. The van der Waals surface area contributed by atoms with Crippen molar-refractivity contribution >= 4 is 23.2 Å². The summed E-state index contributed by atoms with van der Waals surface area (Å²) >= 11 is 1.59. The summed E-state index contributed by atoms with van der Waals surface area (Å²) in [6.07, 6.45) is 1.28. The molecule has 0 aromatic carbocycles. The van der Waals surface area contributed by atoms with Crippen molar-refractivity contribution in [3.05, 3.63) is 15.6 Å². The molecule has 20 heavy (non-hydrogen) atoms. The molecule has 1 fully saturated rings. The van der Waals surface area contributed by atoms with Gasteiger partial charge in [0.1, 0.15) is 0 Å². The number of hydrogen-bond donors (Lipinski definition) is 0. The molecule has 2 amide bonds. The Hall–Kier alpha value is -1.43. The topological polar surface area (TPSA) is 53.5 Å². The van der Waals surface area contributed by atoms with E-state index in [1.54, 1.807) is 18.3 Å². The van der Waals surface area contributed by atoms with Crippen molar-refractivity contribution < 1.29 is 9.59 Å². The summed E-state index contributed by atoms with van der Waals surface area (Å²) in [6.45, 7) is 8.25. The Morgan fingerprint density at radius 2 is 1.80 bits per heavy atom. The first-order chi connectivity index (χ1) is 9.47. The summed E-state index contributed by atoms with van der Waals surface area (Å²) in [4.78, 5) is 32.8. The predicted molar refractivity (Wildman–Crippen MR) is 78.7 cm³/mol. The molecule has 2 rings (SSSR count). The average molecular weight is 295 g/mol. The van der Waals surface area contributed by atoms with E-state index in [0.717, 1.165) is 35.1 Å². The van der Waals surface area contributed by atoms with Gasteiger partial charge in [-0.05, 0) is 20.3 Å². The van der Waals surface area contributed by atoms with Gasteiger partial charge in [0, 0.05) is 38.0 Å². The highest BCUT2D eigenvalue weighted by molar-refractivity contribution is 7.11. The summed E-state index contributed by atoms with van der Waals surface area (Å²) in [5.41, 5.74) is 0.959. The van der Waals surface area contributed by atoms with Gasteiger partial charge >= 0.3 is 0 Å². The number of nitrogens with zero attached hydrogens (tertiary/aromatic N) is 3. The van der Waals surface area contributed by atoms with Gasteiger partial charge in [-0.2, -0.15) is 0 Å². The van der Waals surface area contributed by atoms with E-state index >= 15 is 0 Å². The normalized spacial score (nSPS) is 16.1. The first-order valence-corrected chi connectivity index (χ1v) is 7.75. The molecule has 0 spiro atoms. The molecule has 0 radical (unpaired) electrons. The van der Waals surface area contributed by atoms with Crippen LogP contribution in [0.4, 0.5) is 0 Å². The highest BCUT2D eigenvalue weighted by Crippen LogP contribution is 2.18. The minimum absolute atomic E-state index is 0.0909. The lowest BCUT2D eigenvalue weighted by Gasteiger charge is -2.21. The largest absolute Gasteiger partial charge is 0.341 e. The van der Waals surface area contributed by atoms with Gasteiger partial charge in [-0.3, -0.25) is 9.59 Å². The number of rotatable bonds is 2. The molecule has 1 aliphatic heterocycles. The van der Waals surface area contributed by atoms with Crippen molar-refractivity contribution in [2.45, 2.75) is 33.6 Å². The third kappa shape index (κ3) is 3.56. The zero-order valence-corrected chi connectivity index (χ0v) is 13.1. The fraction of sp³-hybridized carbons (Fsp3) is 0.643. The van der Waals surface area contributed by atoms with Crippen LogP contribution >= 0.6 is 11.3 Å². The van der Waals surface area contributed by atoms with Crippen molar-refractivity contribution in [2.24, 2.45) is 0 Å². The minimum Gasteiger partial charge on any atom is -0.341 e. The molecule has 0 unspecified atom stereocenters. The Labute approximate surface area is 123 Å². The number of aryl methyl sites for hydroxylation is 2. The molecular weight excluding hydrogens is 274 g/mol. The number of carbonyl (C=O) groups excluding carboxylic acids is 2. The van der Waals surface area contributed by atoms with Gasteiger partial charge in [0.25, 0.3) is 0 Å². The molecule has 110 valence electrons. The first kappa shape index (κ1) is 15.0. The van der Waals surface area contributed by atoms with E-state index in [0.29, 0.717) is 19.5 Å². The van der Waals surface area contributed by atoms with E-state index in [9.17, 15) is 9.59 Å². The molecule has 1 aromatic rings. The van der Waals surface area contributed by atoms with Crippen LogP contribution in [-0.2, 0) is 16.0 Å². The molecule has 0 N–H and O–H groups in total. The van der Waals surface area contributed by atoms with E-state index in [4.69, 9.17) is 0 Å². The van der Waals surface area contributed by atoms with Crippen LogP contribution in [0.25, 0.3) is 0 Å². The Bertz CT molecular complexity index is 513. The fourth-order valence-electron chi connectivity index (χ4n) is 2.47. The van der Waals surface area contributed by atoms with Gasteiger partial charge in [-0.1, -0.05) is 0 Å². The molecule has 2 heterocycles. The Kier molecular flexibility index (Phi) is 4.75. The third-order valence-corrected chi connectivity index (χ3v) is 4.68. The van der Waals surface area contributed by atoms with E-state index < -0.39 is 0 Å². The highest BCUT2D eigenvalue weighted by Gasteiger charge is 2.21. The van der Waals surface area contributed by atoms with Crippen LogP contribution in [0.1, 0.15) is 28.9 Å². The number of carbonyl (C=O) groups is 2.